The van der Waals surface area contributed by atoms with Gasteiger partial charge in [-0.05, 0) is 89.2 Å². The highest BCUT2D eigenvalue weighted by Crippen LogP contribution is 2.12. The standard InChI is InChI=1S/C36H58O2/c1-3-35(37)33-31-29-27-25-23-21-19-17-15-13-11-9-7-5-6-8-10-12-14-16-18-20-22-24-26-28-30-32-34-36(38)4-2/h1-2,9-12,31-38H,5-8,13-30H2/b11-9?,12-10?,33-31+,34-32+/t35-,36-/m0/s1. The van der Waals surface area contributed by atoms with Gasteiger partial charge in [0.15, 0.2) is 0 Å². The van der Waals surface area contributed by atoms with Crippen LogP contribution in [0.25, 0.3) is 0 Å². The van der Waals surface area contributed by atoms with Gasteiger partial charge in [0.1, 0.15) is 12.2 Å². The molecule has 0 saturated carbocycles. The molecule has 0 unspecified atom stereocenters. The van der Waals surface area contributed by atoms with E-state index in [9.17, 15) is 10.2 Å². The van der Waals surface area contributed by atoms with Gasteiger partial charge < -0.3 is 10.2 Å². The second-order valence-corrected chi connectivity index (χ2v) is 10.4. The number of terminal acetylenes is 2. The Labute approximate surface area is 236 Å². The van der Waals surface area contributed by atoms with E-state index in [0.717, 1.165) is 12.8 Å². The lowest BCUT2D eigenvalue weighted by Crippen LogP contribution is -1.95. The van der Waals surface area contributed by atoms with Crippen molar-refractivity contribution in [3.8, 4) is 24.7 Å². The van der Waals surface area contributed by atoms with Crippen molar-refractivity contribution in [1.82, 2.24) is 0 Å². The number of aliphatic hydroxyl groups excluding tert-OH is 2. The van der Waals surface area contributed by atoms with Crippen LogP contribution >= 0.6 is 0 Å². The Morgan fingerprint density at radius 1 is 0.368 bits per heavy atom. The average Bonchev–Trinajstić information content (AvgIpc) is 2.93. The van der Waals surface area contributed by atoms with Gasteiger partial charge in [0, 0.05) is 0 Å². The molecule has 2 N–H and O–H groups in total. The van der Waals surface area contributed by atoms with Gasteiger partial charge in [0.25, 0.3) is 0 Å². The summed E-state index contributed by atoms with van der Waals surface area (Å²) >= 11 is 0. The summed E-state index contributed by atoms with van der Waals surface area (Å²) in [4.78, 5) is 0. The monoisotopic (exact) mass is 522 g/mol. The molecule has 2 heteroatoms. The number of hydrogen-bond acceptors (Lipinski definition) is 2. The van der Waals surface area contributed by atoms with Crippen molar-refractivity contribution in [2.75, 3.05) is 0 Å². The van der Waals surface area contributed by atoms with E-state index in [4.69, 9.17) is 12.8 Å². The van der Waals surface area contributed by atoms with Gasteiger partial charge in [-0.1, -0.05) is 113 Å². The van der Waals surface area contributed by atoms with Gasteiger partial charge in [-0.25, -0.2) is 0 Å². The van der Waals surface area contributed by atoms with Gasteiger partial charge in [-0.2, -0.15) is 0 Å². The lowest BCUT2D eigenvalue weighted by Gasteiger charge is -2.01. The fraction of sp³-hybridized carbons (Fsp3) is 0.667. The van der Waals surface area contributed by atoms with E-state index >= 15 is 0 Å². The topological polar surface area (TPSA) is 40.5 Å². The lowest BCUT2D eigenvalue weighted by atomic mass is 10.1. The van der Waals surface area contributed by atoms with E-state index < -0.39 is 12.2 Å². The van der Waals surface area contributed by atoms with E-state index in [1.807, 2.05) is 12.2 Å². The van der Waals surface area contributed by atoms with Crippen LogP contribution in [-0.4, -0.2) is 22.4 Å². The molecule has 214 valence electrons. The molecular formula is C36H58O2. The molecule has 0 aromatic rings. The zero-order chi connectivity index (χ0) is 27.8. The normalized spacial score (nSPS) is 13.6. The predicted molar refractivity (Wildman–Crippen MR) is 168 cm³/mol. The third-order valence-corrected chi connectivity index (χ3v) is 6.79. The molecular weight excluding hydrogens is 464 g/mol. The molecule has 0 fully saturated rings. The number of hydrogen-bond donors (Lipinski definition) is 2. The highest BCUT2D eigenvalue weighted by molar-refractivity contribution is 5.06. The van der Waals surface area contributed by atoms with Crippen molar-refractivity contribution in [3.63, 3.8) is 0 Å². The first kappa shape index (κ1) is 36.0. The lowest BCUT2D eigenvalue weighted by molar-refractivity contribution is 0.280. The van der Waals surface area contributed by atoms with Crippen LogP contribution in [0.1, 0.15) is 141 Å². The van der Waals surface area contributed by atoms with Crippen LogP contribution in [0.3, 0.4) is 0 Å². The highest BCUT2D eigenvalue weighted by Gasteiger charge is 1.94. The summed E-state index contributed by atoms with van der Waals surface area (Å²) in [6.07, 6.45) is 53.6. The van der Waals surface area contributed by atoms with Crippen molar-refractivity contribution < 1.29 is 10.2 Å². The fourth-order valence-corrected chi connectivity index (χ4v) is 4.37. The first-order valence-corrected chi connectivity index (χ1v) is 15.6. The molecule has 0 bridgehead atoms. The molecule has 0 aliphatic carbocycles. The summed E-state index contributed by atoms with van der Waals surface area (Å²) in [5.74, 6) is 4.59. The summed E-state index contributed by atoms with van der Waals surface area (Å²) in [7, 11) is 0. The minimum atomic E-state index is -0.721. The largest absolute Gasteiger partial charge is 0.377 e. The molecule has 0 radical (unpaired) electrons. The van der Waals surface area contributed by atoms with Crippen molar-refractivity contribution >= 4 is 0 Å². The van der Waals surface area contributed by atoms with E-state index in [-0.39, 0.29) is 0 Å². The number of unbranched alkanes of at least 4 members (excludes halogenated alkanes) is 19. The van der Waals surface area contributed by atoms with Crippen LogP contribution in [0.5, 0.6) is 0 Å². The molecule has 38 heavy (non-hydrogen) atoms. The maximum atomic E-state index is 9.23. The summed E-state index contributed by atoms with van der Waals surface area (Å²) in [6, 6.07) is 0. The van der Waals surface area contributed by atoms with Gasteiger partial charge in [-0.3, -0.25) is 0 Å². The summed E-state index contributed by atoms with van der Waals surface area (Å²) in [5.41, 5.74) is 0. The third kappa shape index (κ3) is 30.2. The molecule has 2 nitrogen and oxygen atoms in total. The average molecular weight is 523 g/mol. The van der Waals surface area contributed by atoms with E-state index in [2.05, 4.69) is 36.1 Å². The minimum Gasteiger partial charge on any atom is -0.377 e. The zero-order valence-electron chi connectivity index (χ0n) is 24.4. The maximum absolute atomic E-state index is 9.23. The van der Waals surface area contributed by atoms with Crippen LogP contribution in [-0.2, 0) is 0 Å². The number of allylic oxidation sites excluding steroid dienone is 6. The van der Waals surface area contributed by atoms with Gasteiger partial charge >= 0.3 is 0 Å². The van der Waals surface area contributed by atoms with Gasteiger partial charge in [0.05, 0.1) is 0 Å². The molecule has 2 atom stereocenters. The Morgan fingerprint density at radius 3 is 0.842 bits per heavy atom. The van der Waals surface area contributed by atoms with Gasteiger partial charge in [0.2, 0.25) is 0 Å². The summed E-state index contributed by atoms with van der Waals surface area (Å²) in [6.45, 7) is 0. The minimum absolute atomic E-state index is 0.721. The number of aliphatic hydroxyl groups is 2. The Morgan fingerprint density at radius 2 is 0.579 bits per heavy atom. The second-order valence-electron chi connectivity index (χ2n) is 10.4. The quantitative estimate of drug-likeness (QED) is 0.0640. The summed E-state index contributed by atoms with van der Waals surface area (Å²) < 4.78 is 0. The van der Waals surface area contributed by atoms with Crippen LogP contribution in [0.2, 0.25) is 0 Å². The Kier molecular flexibility index (Phi) is 29.6. The molecule has 0 aromatic carbocycles. The molecule has 0 aliphatic heterocycles. The molecule has 0 aromatic heterocycles. The summed E-state index contributed by atoms with van der Waals surface area (Å²) in [5, 5.41) is 18.5. The molecule has 0 heterocycles. The van der Waals surface area contributed by atoms with E-state index in [0.29, 0.717) is 0 Å². The van der Waals surface area contributed by atoms with Crippen LogP contribution in [0, 0.1) is 24.7 Å². The maximum Gasteiger partial charge on any atom is 0.133 e. The van der Waals surface area contributed by atoms with Crippen LogP contribution in [0.15, 0.2) is 48.6 Å². The van der Waals surface area contributed by atoms with Crippen LogP contribution < -0.4 is 0 Å². The van der Waals surface area contributed by atoms with Crippen molar-refractivity contribution in [2.24, 2.45) is 0 Å². The Balaban J connectivity index is 3.25. The van der Waals surface area contributed by atoms with Gasteiger partial charge in [-0.15, -0.1) is 12.8 Å². The smallest absolute Gasteiger partial charge is 0.133 e. The van der Waals surface area contributed by atoms with Crippen molar-refractivity contribution in [1.29, 1.82) is 0 Å². The third-order valence-electron chi connectivity index (χ3n) is 6.79. The molecule has 0 spiro atoms. The molecule has 0 amide bonds. The second kappa shape index (κ2) is 31.2. The van der Waals surface area contributed by atoms with E-state index in [1.165, 1.54) is 128 Å². The molecule has 0 saturated heterocycles. The first-order valence-electron chi connectivity index (χ1n) is 15.6. The number of rotatable bonds is 27. The molecule has 0 rings (SSSR count). The van der Waals surface area contributed by atoms with Crippen molar-refractivity contribution in [2.45, 2.75) is 153 Å². The van der Waals surface area contributed by atoms with Crippen LogP contribution in [0.4, 0.5) is 0 Å². The predicted octanol–water partition coefficient (Wildman–Crippen LogP) is 9.78. The first-order chi connectivity index (χ1) is 18.7. The van der Waals surface area contributed by atoms with Crippen molar-refractivity contribution in [3.05, 3.63) is 48.6 Å². The van der Waals surface area contributed by atoms with E-state index in [1.54, 1.807) is 12.2 Å². The molecule has 0 aliphatic rings. The Hall–Kier alpha value is -2.00. The fourth-order valence-electron chi connectivity index (χ4n) is 4.37. The zero-order valence-corrected chi connectivity index (χ0v) is 24.4. The Bertz CT molecular complexity index is 625. The SMILES string of the molecule is C#C[C@H](O)/C=C/CCCCCCCCCC=CCCCCC=CCCCCCCCCC/C=C/[C@@H](O)C#C. The highest BCUT2D eigenvalue weighted by atomic mass is 16.3.